The van der Waals surface area contributed by atoms with Crippen molar-refractivity contribution in [3.8, 4) is 10.4 Å². The minimum absolute atomic E-state index is 0.00163. The molecule has 1 N–H and O–H groups in total. The Kier molecular flexibility index (Phi) is 5.71. The van der Waals surface area contributed by atoms with Gasteiger partial charge in [0, 0.05) is 42.8 Å². The van der Waals surface area contributed by atoms with E-state index in [1.54, 1.807) is 12.4 Å². The number of carbonyl (C=O) groups is 2. The molecule has 0 saturated carbocycles. The molecule has 0 radical (unpaired) electrons. The molecule has 5 nitrogen and oxygen atoms in total. The van der Waals surface area contributed by atoms with Gasteiger partial charge in [-0.25, -0.2) is 0 Å². The van der Waals surface area contributed by atoms with Crippen LogP contribution < -0.4 is 5.32 Å². The average molecular weight is 406 g/mol. The van der Waals surface area contributed by atoms with Crippen LogP contribution in [0.5, 0.6) is 0 Å². The number of aryl methyl sites for hydroxylation is 1. The van der Waals surface area contributed by atoms with Crippen molar-refractivity contribution in [3.05, 3.63) is 76.9 Å². The number of amides is 2. The van der Waals surface area contributed by atoms with Crippen molar-refractivity contribution in [2.24, 2.45) is 0 Å². The number of carbonyl (C=O) groups excluding carboxylic acids is 2. The zero-order valence-electron chi connectivity index (χ0n) is 16.3. The maximum atomic E-state index is 13.4. The van der Waals surface area contributed by atoms with Gasteiger partial charge in [-0.3, -0.25) is 14.6 Å². The Labute approximate surface area is 174 Å². The van der Waals surface area contributed by atoms with E-state index in [-0.39, 0.29) is 17.9 Å². The van der Waals surface area contributed by atoms with E-state index in [4.69, 9.17) is 0 Å². The molecule has 0 bridgehead atoms. The highest BCUT2D eigenvalue weighted by Crippen LogP contribution is 2.33. The largest absolute Gasteiger partial charge is 0.352 e. The van der Waals surface area contributed by atoms with Gasteiger partial charge < -0.3 is 10.2 Å². The SMILES string of the molecule is Cc1cc(C(=O)N(Cc2ccncc2)C[C@@H]2CCC(=O)N2)sc1-c1ccccc1. The monoisotopic (exact) mass is 405 g/mol. The molecule has 1 fully saturated rings. The lowest BCUT2D eigenvalue weighted by atomic mass is 10.1. The van der Waals surface area contributed by atoms with Gasteiger partial charge >= 0.3 is 0 Å². The van der Waals surface area contributed by atoms with Crippen molar-refractivity contribution in [2.75, 3.05) is 6.54 Å². The highest BCUT2D eigenvalue weighted by atomic mass is 32.1. The molecule has 3 heterocycles. The van der Waals surface area contributed by atoms with Crippen molar-refractivity contribution >= 4 is 23.2 Å². The van der Waals surface area contributed by atoms with E-state index in [0.29, 0.717) is 19.5 Å². The Balaban J connectivity index is 1.59. The Bertz CT molecular complexity index is 1000. The number of aromatic nitrogens is 1. The molecule has 1 saturated heterocycles. The maximum Gasteiger partial charge on any atom is 0.264 e. The maximum absolute atomic E-state index is 13.4. The second-order valence-corrected chi connectivity index (χ2v) is 8.39. The highest BCUT2D eigenvalue weighted by Gasteiger charge is 2.27. The van der Waals surface area contributed by atoms with Crippen LogP contribution in [0.2, 0.25) is 0 Å². The van der Waals surface area contributed by atoms with E-state index >= 15 is 0 Å². The molecule has 0 unspecified atom stereocenters. The summed E-state index contributed by atoms with van der Waals surface area (Å²) in [5.41, 5.74) is 3.25. The quantitative estimate of drug-likeness (QED) is 0.673. The Morgan fingerprint density at radius 3 is 2.66 bits per heavy atom. The molecule has 1 aliphatic rings. The molecule has 0 aliphatic carbocycles. The molecule has 2 aromatic heterocycles. The van der Waals surface area contributed by atoms with Gasteiger partial charge in [-0.05, 0) is 48.2 Å². The third-order valence-electron chi connectivity index (χ3n) is 5.10. The molecule has 3 aromatic rings. The minimum atomic E-state index is -0.00163. The summed E-state index contributed by atoms with van der Waals surface area (Å²) in [6.45, 7) is 3.04. The molecule has 2 amide bonds. The fourth-order valence-corrected chi connectivity index (χ4v) is 4.77. The topological polar surface area (TPSA) is 62.3 Å². The van der Waals surface area contributed by atoms with Crippen LogP contribution in [0.3, 0.4) is 0 Å². The van der Waals surface area contributed by atoms with E-state index in [2.05, 4.69) is 22.4 Å². The summed E-state index contributed by atoms with van der Waals surface area (Å²) in [6.07, 6.45) is 4.76. The van der Waals surface area contributed by atoms with Crippen LogP contribution in [0, 0.1) is 6.92 Å². The van der Waals surface area contributed by atoms with Crippen LogP contribution in [-0.4, -0.2) is 34.3 Å². The summed E-state index contributed by atoms with van der Waals surface area (Å²) in [5.74, 6) is 0.0582. The Morgan fingerprint density at radius 1 is 1.21 bits per heavy atom. The first-order chi connectivity index (χ1) is 14.1. The summed E-state index contributed by atoms with van der Waals surface area (Å²) in [5, 5.41) is 2.98. The van der Waals surface area contributed by atoms with E-state index in [9.17, 15) is 9.59 Å². The van der Waals surface area contributed by atoms with Gasteiger partial charge in [0.2, 0.25) is 5.91 Å². The number of hydrogen-bond donors (Lipinski definition) is 1. The lowest BCUT2D eigenvalue weighted by molar-refractivity contribution is -0.119. The van der Waals surface area contributed by atoms with Crippen LogP contribution in [0.25, 0.3) is 10.4 Å². The zero-order valence-corrected chi connectivity index (χ0v) is 17.1. The molecule has 29 heavy (non-hydrogen) atoms. The number of rotatable bonds is 6. The summed E-state index contributed by atoms with van der Waals surface area (Å²) < 4.78 is 0. The Hall–Kier alpha value is -2.99. The fourth-order valence-electron chi connectivity index (χ4n) is 3.63. The summed E-state index contributed by atoms with van der Waals surface area (Å²) in [6, 6.07) is 16.0. The number of hydrogen-bond acceptors (Lipinski definition) is 4. The van der Waals surface area contributed by atoms with Gasteiger partial charge in [0.25, 0.3) is 5.91 Å². The van der Waals surface area contributed by atoms with E-state index < -0.39 is 0 Å². The first-order valence-electron chi connectivity index (χ1n) is 9.73. The summed E-state index contributed by atoms with van der Waals surface area (Å²) in [7, 11) is 0. The predicted octanol–water partition coefficient (Wildman–Crippen LogP) is 4.04. The zero-order chi connectivity index (χ0) is 20.2. The molecule has 1 atom stereocenters. The Morgan fingerprint density at radius 2 is 1.97 bits per heavy atom. The van der Waals surface area contributed by atoms with Gasteiger partial charge in [-0.1, -0.05) is 30.3 Å². The molecule has 1 aliphatic heterocycles. The first kappa shape index (κ1) is 19.3. The van der Waals surface area contributed by atoms with Crippen LogP contribution in [0.4, 0.5) is 0 Å². The van der Waals surface area contributed by atoms with Gasteiger partial charge in [0.05, 0.1) is 4.88 Å². The number of thiophene rings is 1. The third-order valence-corrected chi connectivity index (χ3v) is 6.37. The number of nitrogens with one attached hydrogen (secondary N) is 1. The van der Waals surface area contributed by atoms with Crippen molar-refractivity contribution < 1.29 is 9.59 Å². The smallest absolute Gasteiger partial charge is 0.264 e. The molecule has 0 spiro atoms. The van der Waals surface area contributed by atoms with Crippen molar-refractivity contribution in [3.63, 3.8) is 0 Å². The van der Waals surface area contributed by atoms with E-state index in [1.807, 2.05) is 48.2 Å². The molecular formula is C23H23N3O2S. The van der Waals surface area contributed by atoms with Crippen molar-refractivity contribution in [1.82, 2.24) is 15.2 Å². The highest BCUT2D eigenvalue weighted by molar-refractivity contribution is 7.17. The first-order valence-corrected chi connectivity index (χ1v) is 10.5. The lowest BCUT2D eigenvalue weighted by Crippen LogP contribution is -2.41. The van der Waals surface area contributed by atoms with Crippen LogP contribution in [-0.2, 0) is 11.3 Å². The third kappa shape index (κ3) is 4.54. The number of nitrogens with zero attached hydrogens (tertiary/aromatic N) is 2. The normalized spacial score (nSPS) is 15.9. The summed E-state index contributed by atoms with van der Waals surface area (Å²) >= 11 is 1.53. The van der Waals surface area contributed by atoms with Crippen LogP contribution in [0.15, 0.2) is 60.9 Å². The molecule has 4 rings (SSSR count). The summed E-state index contributed by atoms with van der Waals surface area (Å²) in [4.78, 5) is 32.8. The number of benzene rings is 1. The van der Waals surface area contributed by atoms with E-state index in [0.717, 1.165) is 32.9 Å². The van der Waals surface area contributed by atoms with Crippen molar-refractivity contribution in [1.29, 1.82) is 0 Å². The molecule has 148 valence electrons. The van der Waals surface area contributed by atoms with Crippen molar-refractivity contribution in [2.45, 2.75) is 32.4 Å². The molecule has 6 heteroatoms. The second kappa shape index (κ2) is 8.57. The number of pyridine rings is 1. The van der Waals surface area contributed by atoms with Crippen LogP contribution >= 0.6 is 11.3 Å². The molecular weight excluding hydrogens is 382 g/mol. The average Bonchev–Trinajstić information content (AvgIpc) is 3.33. The predicted molar refractivity (Wildman–Crippen MR) is 115 cm³/mol. The van der Waals surface area contributed by atoms with Gasteiger partial charge in [0.1, 0.15) is 0 Å². The lowest BCUT2D eigenvalue weighted by Gasteiger charge is -2.25. The fraction of sp³-hybridized carbons (Fsp3) is 0.261. The second-order valence-electron chi connectivity index (χ2n) is 7.33. The van der Waals surface area contributed by atoms with E-state index in [1.165, 1.54) is 11.3 Å². The standard InChI is InChI=1S/C23H23N3O2S/c1-16-13-20(29-22(16)18-5-3-2-4-6-18)23(28)26(14-17-9-11-24-12-10-17)15-19-7-8-21(27)25-19/h2-6,9-13,19H,7-8,14-15H2,1H3,(H,25,27)/t19-/m0/s1. The van der Waals surface area contributed by atoms with Gasteiger partial charge in [-0.2, -0.15) is 0 Å². The van der Waals surface area contributed by atoms with Crippen LogP contribution in [0.1, 0.15) is 33.6 Å². The molecule has 1 aromatic carbocycles. The minimum Gasteiger partial charge on any atom is -0.352 e. The van der Waals surface area contributed by atoms with Gasteiger partial charge in [-0.15, -0.1) is 11.3 Å². The van der Waals surface area contributed by atoms with Gasteiger partial charge in [0.15, 0.2) is 0 Å².